The molecule has 0 atom stereocenters. The quantitative estimate of drug-likeness (QED) is 0.901. The number of aromatic nitrogens is 2. The number of nitrogens with one attached hydrogen (secondary N) is 1. The van der Waals surface area contributed by atoms with E-state index >= 15 is 0 Å². The van der Waals surface area contributed by atoms with Crippen molar-refractivity contribution < 1.29 is 0 Å². The lowest BCUT2D eigenvalue weighted by Gasteiger charge is -2.20. The Morgan fingerprint density at radius 2 is 2.10 bits per heavy atom. The molecule has 108 valence electrons. The molecular formula is C17H25N3. The number of hydrogen-bond donors (Lipinski definition) is 1. The zero-order chi connectivity index (χ0) is 13.8. The number of fused-ring (bicyclic) bond motifs is 1. The molecule has 3 rings (SSSR count). The van der Waals surface area contributed by atoms with Crippen LogP contribution in [-0.4, -0.2) is 16.4 Å². The van der Waals surface area contributed by atoms with E-state index in [1.807, 2.05) is 7.05 Å². The van der Waals surface area contributed by atoms with E-state index in [-0.39, 0.29) is 0 Å². The minimum absolute atomic E-state index is 0.844. The average Bonchev–Trinajstić information content (AvgIpc) is 2.85. The van der Waals surface area contributed by atoms with E-state index in [2.05, 4.69) is 34.1 Å². The Labute approximate surface area is 121 Å². The van der Waals surface area contributed by atoms with Crippen LogP contribution in [0.25, 0.3) is 5.52 Å². The fourth-order valence-corrected chi connectivity index (χ4v) is 3.45. The van der Waals surface area contributed by atoms with Gasteiger partial charge in [0, 0.05) is 19.2 Å². The maximum atomic E-state index is 4.86. The van der Waals surface area contributed by atoms with Crippen LogP contribution in [0, 0.1) is 5.92 Å². The number of hydrogen-bond acceptors (Lipinski definition) is 2. The van der Waals surface area contributed by atoms with Gasteiger partial charge in [-0.25, -0.2) is 4.98 Å². The van der Waals surface area contributed by atoms with Crippen molar-refractivity contribution in [2.45, 2.75) is 51.5 Å². The Morgan fingerprint density at radius 1 is 1.25 bits per heavy atom. The molecular weight excluding hydrogens is 246 g/mol. The third-order valence-electron chi connectivity index (χ3n) is 4.54. The molecule has 1 aliphatic rings. The topological polar surface area (TPSA) is 29.3 Å². The molecule has 0 radical (unpaired) electrons. The normalized spacial score (nSPS) is 16.9. The zero-order valence-corrected chi connectivity index (χ0v) is 12.4. The lowest BCUT2D eigenvalue weighted by atomic mass is 9.86. The second kappa shape index (κ2) is 6.40. The maximum absolute atomic E-state index is 4.86. The van der Waals surface area contributed by atoms with Crippen molar-refractivity contribution in [2.75, 3.05) is 7.05 Å². The number of pyridine rings is 1. The van der Waals surface area contributed by atoms with Crippen LogP contribution < -0.4 is 5.32 Å². The van der Waals surface area contributed by atoms with Gasteiger partial charge in [-0.1, -0.05) is 38.2 Å². The summed E-state index contributed by atoms with van der Waals surface area (Å²) in [5.41, 5.74) is 2.42. The Morgan fingerprint density at radius 3 is 2.90 bits per heavy atom. The molecule has 0 saturated heterocycles. The van der Waals surface area contributed by atoms with Gasteiger partial charge in [-0.15, -0.1) is 0 Å². The van der Waals surface area contributed by atoms with Gasteiger partial charge >= 0.3 is 0 Å². The minimum Gasteiger partial charge on any atom is -0.314 e. The molecule has 3 heteroatoms. The first kappa shape index (κ1) is 13.6. The van der Waals surface area contributed by atoms with Crippen molar-refractivity contribution in [1.29, 1.82) is 0 Å². The van der Waals surface area contributed by atoms with Crippen molar-refractivity contribution in [3.05, 3.63) is 35.9 Å². The summed E-state index contributed by atoms with van der Waals surface area (Å²) >= 11 is 0. The zero-order valence-electron chi connectivity index (χ0n) is 12.4. The fraction of sp³-hybridized carbons (Fsp3) is 0.588. The average molecular weight is 271 g/mol. The number of rotatable bonds is 5. The van der Waals surface area contributed by atoms with Gasteiger partial charge in [0.2, 0.25) is 0 Å². The first-order valence-electron chi connectivity index (χ1n) is 7.98. The molecule has 1 fully saturated rings. The van der Waals surface area contributed by atoms with Crippen molar-refractivity contribution in [3.63, 3.8) is 0 Å². The molecule has 1 aliphatic carbocycles. The van der Waals surface area contributed by atoms with Gasteiger partial charge in [-0.05, 0) is 31.5 Å². The largest absolute Gasteiger partial charge is 0.314 e. The van der Waals surface area contributed by atoms with Crippen LogP contribution in [0.5, 0.6) is 0 Å². The highest BCUT2D eigenvalue weighted by Crippen LogP contribution is 2.27. The molecule has 0 aliphatic heterocycles. The van der Waals surface area contributed by atoms with E-state index in [1.54, 1.807) is 0 Å². The number of imidazole rings is 1. The van der Waals surface area contributed by atoms with Crippen molar-refractivity contribution >= 4 is 5.52 Å². The van der Waals surface area contributed by atoms with E-state index in [4.69, 9.17) is 4.98 Å². The third kappa shape index (κ3) is 2.88. The summed E-state index contributed by atoms with van der Waals surface area (Å²) in [7, 11) is 1.98. The van der Waals surface area contributed by atoms with Crippen molar-refractivity contribution in [1.82, 2.24) is 14.7 Å². The molecule has 2 aromatic heterocycles. The van der Waals surface area contributed by atoms with E-state index < -0.39 is 0 Å². The maximum Gasteiger partial charge on any atom is 0.113 e. The minimum atomic E-state index is 0.844. The molecule has 1 N–H and O–H groups in total. The van der Waals surface area contributed by atoms with Crippen LogP contribution in [0.4, 0.5) is 0 Å². The lowest BCUT2D eigenvalue weighted by molar-refractivity contribution is 0.337. The van der Waals surface area contributed by atoms with Gasteiger partial charge in [0.15, 0.2) is 0 Å². The van der Waals surface area contributed by atoms with Gasteiger partial charge in [0.1, 0.15) is 5.82 Å². The second-order valence-electron chi connectivity index (χ2n) is 6.00. The second-order valence-corrected chi connectivity index (χ2v) is 6.00. The van der Waals surface area contributed by atoms with Crippen LogP contribution in [0.1, 0.15) is 50.0 Å². The molecule has 2 heterocycles. The summed E-state index contributed by atoms with van der Waals surface area (Å²) in [6.45, 7) is 0.844. The predicted molar refractivity (Wildman–Crippen MR) is 82.9 cm³/mol. The predicted octanol–water partition coefficient (Wildman–Crippen LogP) is 3.57. The van der Waals surface area contributed by atoms with Gasteiger partial charge in [-0.2, -0.15) is 0 Å². The van der Waals surface area contributed by atoms with Crippen molar-refractivity contribution in [3.8, 4) is 0 Å². The highest BCUT2D eigenvalue weighted by Gasteiger charge is 2.15. The number of aryl methyl sites for hydroxylation is 1. The van der Waals surface area contributed by atoms with Crippen LogP contribution >= 0.6 is 0 Å². The lowest BCUT2D eigenvalue weighted by Crippen LogP contribution is -2.08. The number of nitrogens with zero attached hydrogens (tertiary/aromatic N) is 2. The molecule has 0 amide bonds. The highest BCUT2D eigenvalue weighted by atomic mass is 15.0. The summed E-state index contributed by atoms with van der Waals surface area (Å²) < 4.78 is 2.27. The standard InChI is InChI=1S/C17H25N3/c1-18-13-15-16-9-5-6-12-20(16)17(19-15)11-10-14-7-3-2-4-8-14/h5-6,9,12,14,18H,2-4,7-8,10-11,13H2,1H3. The van der Waals surface area contributed by atoms with E-state index in [9.17, 15) is 0 Å². The molecule has 1 saturated carbocycles. The molecule has 0 unspecified atom stereocenters. The molecule has 20 heavy (non-hydrogen) atoms. The first-order chi connectivity index (χ1) is 9.88. The summed E-state index contributed by atoms with van der Waals surface area (Å²) in [6, 6.07) is 6.37. The molecule has 0 spiro atoms. The summed E-state index contributed by atoms with van der Waals surface area (Å²) in [5, 5.41) is 3.22. The smallest absolute Gasteiger partial charge is 0.113 e. The van der Waals surface area contributed by atoms with Crippen molar-refractivity contribution in [2.24, 2.45) is 5.92 Å². The molecule has 0 bridgehead atoms. The summed E-state index contributed by atoms with van der Waals surface area (Å²) in [5.74, 6) is 2.16. The fourth-order valence-electron chi connectivity index (χ4n) is 3.45. The van der Waals surface area contributed by atoms with Crippen LogP contribution in [0.15, 0.2) is 24.4 Å². The van der Waals surface area contributed by atoms with Crippen LogP contribution in [0.2, 0.25) is 0 Å². The first-order valence-corrected chi connectivity index (χ1v) is 7.98. The Kier molecular flexibility index (Phi) is 4.36. The monoisotopic (exact) mass is 271 g/mol. The highest BCUT2D eigenvalue weighted by molar-refractivity contribution is 5.53. The molecule has 3 nitrogen and oxygen atoms in total. The van der Waals surface area contributed by atoms with Crippen LogP contribution in [0.3, 0.4) is 0 Å². The molecule has 0 aromatic carbocycles. The Hall–Kier alpha value is -1.35. The van der Waals surface area contributed by atoms with Gasteiger partial charge < -0.3 is 9.72 Å². The molecule has 2 aromatic rings. The van der Waals surface area contributed by atoms with Crippen LogP contribution in [-0.2, 0) is 13.0 Å². The third-order valence-corrected chi connectivity index (χ3v) is 4.54. The van der Waals surface area contributed by atoms with Gasteiger partial charge in [0.05, 0.1) is 11.2 Å². The summed E-state index contributed by atoms with van der Waals surface area (Å²) in [6.07, 6.45) is 11.7. The van der Waals surface area contributed by atoms with Gasteiger partial charge in [0.25, 0.3) is 0 Å². The van der Waals surface area contributed by atoms with Gasteiger partial charge in [-0.3, -0.25) is 0 Å². The SMILES string of the molecule is CNCc1nc(CCC2CCCCC2)n2ccccc12. The Balaban J connectivity index is 1.76. The van der Waals surface area contributed by atoms with E-state index in [0.29, 0.717) is 0 Å². The Bertz CT molecular complexity index is 552. The summed E-state index contributed by atoms with van der Waals surface area (Å²) in [4.78, 5) is 4.86. The van der Waals surface area contributed by atoms with E-state index in [0.717, 1.165) is 18.9 Å². The van der Waals surface area contributed by atoms with E-state index in [1.165, 1.54) is 55.6 Å².